The van der Waals surface area contributed by atoms with E-state index in [2.05, 4.69) is 35.1 Å². The monoisotopic (exact) mass is 378 g/mol. The third kappa shape index (κ3) is 4.17. The molecule has 146 valence electrons. The second-order valence-electron chi connectivity index (χ2n) is 6.68. The van der Waals surface area contributed by atoms with E-state index in [1.165, 1.54) is 10.8 Å². The Balaban J connectivity index is 1.81. The van der Waals surface area contributed by atoms with Crippen molar-refractivity contribution in [1.82, 2.24) is 9.55 Å². The van der Waals surface area contributed by atoms with E-state index in [1.54, 1.807) is 0 Å². The zero-order valence-electron chi connectivity index (χ0n) is 16.5. The molecule has 0 radical (unpaired) electrons. The number of aryl methyl sites for hydroxylation is 1. The van der Waals surface area contributed by atoms with Gasteiger partial charge in [0.15, 0.2) is 0 Å². The first kappa shape index (κ1) is 19.5. The van der Waals surface area contributed by atoms with E-state index in [1.807, 2.05) is 49.4 Å². The Hall–Kier alpha value is -3.28. The highest BCUT2D eigenvalue weighted by Gasteiger charge is 2.16. The summed E-state index contributed by atoms with van der Waals surface area (Å²) in [6, 6.07) is 15.6. The molecule has 3 rings (SSSR count). The van der Waals surface area contributed by atoms with Gasteiger partial charge in [0.25, 0.3) is 5.91 Å². The quantitative estimate of drug-likeness (QED) is 0.660. The summed E-state index contributed by atoms with van der Waals surface area (Å²) in [5.41, 5.74) is 3.80. The van der Waals surface area contributed by atoms with Crippen LogP contribution >= 0.6 is 0 Å². The number of nitrogens with one attached hydrogen (secondary N) is 2. The number of imidazole rings is 1. The molecule has 0 fully saturated rings. The zero-order chi connectivity index (χ0) is 20.1. The normalized spacial score (nSPS) is 10.7. The Morgan fingerprint density at radius 2 is 1.82 bits per heavy atom. The van der Waals surface area contributed by atoms with Crippen LogP contribution in [-0.2, 0) is 6.54 Å². The van der Waals surface area contributed by atoms with Crippen LogP contribution in [-0.4, -0.2) is 28.5 Å². The van der Waals surface area contributed by atoms with Gasteiger partial charge in [0.1, 0.15) is 5.69 Å². The van der Waals surface area contributed by atoms with Gasteiger partial charge in [-0.25, -0.2) is 4.79 Å². The van der Waals surface area contributed by atoms with Gasteiger partial charge in [0, 0.05) is 30.7 Å². The fourth-order valence-corrected chi connectivity index (χ4v) is 3.27. The minimum atomic E-state index is -0.312. The van der Waals surface area contributed by atoms with Crippen LogP contribution in [0.2, 0.25) is 0 Å². The molecular formula is C22H26N4O2. The fraction of sp³-hybridized carbons (Fsp3) is 0.273. The minimum absolute atomic E-state index is 0.303. The molecule has 0 spiro atoms. The van der Waals surface area contributed by atoms with Crippen molar-refractivity contribution in [3.05, 3.63) is 82.0 Å². The molecule has 6 nitrogen and oxygen atoms in total. The summed E-state index contributed by atoms with van der Waals surface area (Å²) in [6.07, 6.45) is 1.46. The molecule has 1 heterocycles. The molecule has 3 aromatic rings. The largest absolute Gasteiger partial charge is 0.372 e. The molecule has 1 amide bonds. The van der Waals surface area contributed by atoms with Crippen molar-refractivity contribution < 1.29 is 4.79 Å². The Morgan fingerprint density at radius 1 is 1.11 bits per heavy atom. The van der Waals surface area contributed by atoms with Crippen molar-refractivity contribution in [3.8, 4) is 0 Å². The molecule has 0 saturated heterocycles. The lowest BCUT2D eigenvalue weighted by atomic mass is 10.1. The van der Waals surface area contributed by atoms with E-state index in [4.69, 9.17) is 0 Å². The van der Waals surface area contributed by atoms with Crippen molar-refractivity contribution >= 4 is 17.3 Å². The maximum atomic E-state index is 12.8. The van der Waals surface area contributed by atoms with E-state index in [0.29, 0.717) is 12.2 Å². The van der Waals surface area contributed by atoms with Gasteiger partial charge in [-0.3, -0.25) is 9.36 Å². The van der Waals surface area contributed by atoms with Gasteiger partial charge in [-0.1, -0.05) is 30.3 Å². The Labute approximate surface area is 164 Å². The first-order valence-corrected chi connectivity index (χ1v) is 9.52. The fourth-order valence-electron chi connectivity index (χ4n) is 3.27. The van der Waals surface area contributed by atoms with Crippen molar-refractivity contribution in [1.29, 1.82) is 0 Å². The number of benzene rings is 2. The lowest BCUT2D eigenvalue weighted by molar-refractivity contribution is 0.101. The van der Waals surface area contributed by atoms with Crippen LogP contribution in [0.3, 0.4) is 0 Å². The summed E-state index contributed by atoms with van der Waals surface area (Å²) in [7, 11) is 0. The predicted molar refractivity (Wildman–Crippen MR) is 113 cm³/mol. The topological polar surface area (TPSA) is 70.1 Å². The van der Waals surface area contributed by atoms with Gasteiger partial charge in [0.2, 0.25) is 0 Å². The summed E-state index contributed by atoms with van der Waals surface area (Å²) in [5.74, 6) is -0.312. The van der Waals surface area contributed by atoms with Crippen LogP contribution in [0, 0.1) is 6.92 Å². The number of aromatic nitrogens is 2. The van der Waals surface area contributed by atoms with Gasteiger partial charge in [0.05, 0.1) is 6.54 Å². The third-order valence-electron chi connectivity index (χ3n) is 4.87. The van der Waals surface area contributed by atoms with Crippen molar-refractivity contribution in [2.24, 2.45) is 0 Å². The Morgan fingerprint density at radius 3 is 2.46 bits per heavy atom. The molecular weight excluding hydrogens is 352 g/mol. The van der Waals surface area contributed by atoms with E-state index < -0.39 is 0 Å². The van der Waals surface area contributed by atoms with Crippen molar-refractivity contribution in [2.45, 2.75) is 27.3 Å². The van der Waals surface area contributed by atoms with Gasteiger partial charge in [-0.2, -0.15) is 0 Å². The second kappa shape index (κ2) is 8.61. The lowest BCUT2D eigenvalue weighted by Gasteiger charge is -2.22. The Kier molecular flexibility index (Phi) is 5.99. The zero-order valence-corrected chi connectivity index (χ0v) is 16.5. The first-order chi connectivity index (χ1) is 13.5. The standard InChI is InChI=1S/C22H26N4O2/c1-4-25(5-2)18-11-12-19(16(3)13-18)24-21(27)20-14-23-22(28)26(20)15-17-9-7-6-8-10-17/h6-14H,4-5,15H2,1-3H3,(H,23,28)(H,24,27). The molecule has 0 saturated carbocycles. The van der Waals surface area contributed by atoms with Crippen LogP contribution in [0.15, 0.2) is 59.5 Å². The summed E-state index contributed by atoms with van der Waals surface area (Å²) < 4.78 is 1.45. The van der Waals surface area contributed by atoms with Gasteiger partial charge >= 0.3 is 5.69 Å². The summed E-state index contributed by atoms with van der Waals surface area (Å²) in [5, 5.41) is 2.93. The minimum Gasteiger partial charge on any atom is -0.372 e. The molecule has 0 unspecified atom stereocenters. The molecule has 0 aliphatic heterocycles. The molecule has 2 N–H and O–H groups in total. The number of H-pyrrole nitrogens is 1. The molecule has 6 heteroatoms. The number of hydrogen-bond donors (Lipinski definition) is 2. The highest BCUT2D eigenvalue weighted by atomic mass is 16.2. The molecule has 0 bridgehead atoms. The number of carbonyl (C=O) groups excluding carboxylic acids is 1. The van der Waals surface area contributed by atoms with Crippen LogP contribution in [0.1, 0.15) is 35.5 Å². The number of rotatable bonds is 7. The average Bonchev–Trinajstić information content (AvgIpc) is 3.06. The number of carbonyl (C=O) groups is 1. The maximum absolute atomic E-state index is 12.8. The molecule has 0 aliphatic rings. The van der Waals surface area contributed by atoms with Crippen molar-refractivity contribution in [3.63, 3.8) is 0 Å². The highest BCUT2D eigenvalue weighted by Crippen LogP contribution is 2.23. The van der Waals surface area contributed by atoms with Crippen LogP contribution in [0.5, 0.6) is 0 Å². The van der Waals surface area contributed by atoms with E-state index in [0.717, 1.165) is 35.6 Å². The van der Waals surface area contributed by atoms with Crippen LogP contribution in [0.25, 0.3) is 0 Å². The number of amides is 1. The van der Waals surface area contributed by atoms with E-state index >= 15 is 0 Å². The van der Waals surface area contributed by atoms with Crippen LogP contribution in [0.4, 0.5) is 11.4 Å². The third-order valence-corrected chi connectivity index (χ3v) is 4.87. The summed E-state index contributed by atoms with van der Waals surface area (Å²) >= 11 is 0. The lowest BCUT2D eigenvalue weighted by Crippen LogP contribution is -2.25. The Bertz CT molecular complexity index is 1000. The maximum Gasteiger partial charge on any atom is 0.326 e. The molecule has 0 aliphatic carbocycles. The SMILES string of the molecule is CCN(CC)c1ccc(NC(=O)c2c[nH]c(=O)n2Cc2ccccc2)c(C)c1. The number of nitrogens with zero attached hydrogens (tertiary/aromatic N) is 2. The first-order valence-electron chi connectivity index (χ1n) is 9.52. The van der Waals surface area contributed by atoms with Crippen molar-refractivity contribution in [2.75, 3.05) is 23.3 Å². The highest BCUT2D eigenvalue weighted by molar-refractivity contribution is 6.03. The molecule has 2 aromatic carbocycles. The van der Waals surface area contributed by atoms with Gasteiger partial charge in [-0.05, 0) is 50.1 Å². The van der Waals surface area contributed by atoms with Gasteiger partial charge < -0.3 is 15.2 Å². The number of aromatic amines is 1. The number of hydrogen-bond acceptors (Lipinski definition) is 3. The predicted octanol–water partition coefficient (Wildman–Crippen LogP) is 3.63. The second-order valence-corrected chi connectivity index (χ2v) is 6.68. The average molecular weight is 378 g/mol. The van der Waals surface area contributed by atoms with Crippen LogP contribution < -0.4 is 15.9 Å². The smallest absolute Gasteiger partial charge is 0.326 e. The summed E-state index contributed by atoms with van der Waals surface area (Å²) in [4.78, 5) is 29.9. The number of anilines is 2. The van der Waals surface area contributed by atoms with E-state index in [-0.39, 0.29) is 11.6 Å². The van der Waals surface area contributed by atoms with Gasteiger partial charge in [-0.15, -0.1) is 0 Å². The summed E-state index contributed by atoms with van der Waals surface area (Å²) in [6.45, 7) is 8.40. The molecule has 1 aromatic heterocycles. The van der Waals surface area contributed by atoms with E-state index in [9.17, 15) is 9.59 Å². The molecule has 0 atom stereocenters. The molecule has 28 heavy (non-hydrogen) atoms.